The molecule has 0 amide bonds. The molecule has 5 heteroatoms. The Morgan fingerprint density at radius 1 is 1.43 bits per heavy atom. The quantitative estimate of drug-likeness (QED) is 0.896. The number of aryl methyl sites for hydroxylation is 1. The van der Waals surface area contributed by atoms with Crippen molar-refractivity contribution in [3.05, 3.63) is 10.3 Å². The molecule has 4 nitrogen and oxygen atoms in total. The predicted molar refractivity (Wildman–Crippen MR) is 60.2 cm³/mol. The molecule has 0 aliphatic rings. The minimum atomic E-state index is 0.165. The van der Waals surface area contributed by atoms with Crippen LogP contribution in [-0.2, 0) is 13.5 Å². The first kappa shape index (κ1) is 11.7. The minimum absolute atomic E-state index is 0.165. The SMILES string of the molecule is Cn1nnc(Br)c1CCNC(C)(C)C. The van der Waals surface area contributed by atoms with Gasteiger partial charge in [0, 0.05) is 25.6 Å². The first-order valence-electron chi connectivity index (χ1n) is 4.69. The Balaban J connectivity index is 2.46. The van der Waals surface area contributed by atoms with Gasteiger partial charge in [-0.15, -0.1) is 5.10 Å². The molecule has 0 fully saturated rings. The largest absolute Gasteiger partial charge is 0.312 e. The lowest BCUT2D eigenvalue weighted by Crippen LogP contribution is -2.37. The number of nitrogens with one attached hydrogen (secondary N) is 1. The van der Waals surface area contributed by atoms with E-state index in [2.05, 4.69) is 52.3 Å². The number of nitrogens with zero attached hydrogens (tertiary/aromatic N) is 3. The zero-order valence-electron chi connectivity index (χ0n) is 9.13. The van der Waals surface area contributed by atoms with Gasteiger partial charge in [-0.05, 0) is 36.7 Å². The summed E-state index contributed by atoms with van der Waals surface area (Å²) in [5, 5.41) is 11.3. The summed E-state index contributed by atoms with van der Waals surface area (Å²) in [6, 6.07) is 0. The molecule has 1 heterocycles. The lowest BCUT2D eigenvalue weighted by molar-refractivity contribution is 0.426. The van der Waals surface area contributed by atoms with Crippen molar-refractivity contribution in [1.29, 1.82) is 0 Å². The van der Waals surface area contributed by atoms with Crippen LogP contribution in [0, 0.1) is 0 Å². The molecule has 0 atom stereocenters. The molecule has 0 saturated heterocycles. The Hall–Kier alpha value is -0.420. The molecular weight excluding hydrogens is 244 g/mol. The van der Waals surface area contributed by atoms with Crippen LogP contribution in [0.3, 0.4) is 0 Å². The molecule has 1 aromatic heterocycles. The molecule has 0 radical (unpaired) electrons. The van der Waals surface area contributed by atoms with E-state index in [1.807, 2.05) is 7.05 Å². The Morgan fingerprint density at radius 2 is 2.07 bits per heavy atom. The molecule has 0 aliphatic carbocycles. The summed E-state index contributed by atoms with van der Waals surface area (Å²) in [6.45, 7) is 7.40. The van der Waals surface area contributed by atoms with Crippen molar-refractivity contribution < 1.29 is 0 Å². The lowest BCUT2D eigenvalue weighted by atomic mass is 10.1. The Labute approximate surface area is 93.2 Å². The number of halogens is 1. The van der Waals surface area contributed by atoms with Gasteiger partial charge in [0.05, 0.1) is 5.69 Å². The molecule has 1 rings (SSSR count). The van der Waals surface area contributed by atoms with Gasteiger partial charge >= 0.3 is 0 Å². The van der Waals surface area contributed by atoms with E-state index >= 15 is 0 Å². The summed E-state index contributed by atoms with van der Waals surface area (Å²) in [7, 11) is 1.91. The van der Waals surface area contributed by atoms with E-state index in [0.717, 1.165) is 23.3 Å². The maximum atomic E-state index is 3.93. The topological polar surface area (TPSA) is 42.7 Å². The molecule has 0 aromatic carbocycles. The van der Waals surface area contributed by atoms with Crippen LogP contribution in [0.25, 0.3) is 0 Å². The van der Waals surface area contributed by atoms with Gasteiger partial charge in [0.15, 0.2) is 4.60 Å². The number of hydrogen-bond acceptors (Lipinski definition) is 3. The minimum Gasteiger partial charge on any atom is -0.312 e. The van der Waals surface area contributed by atoms with Crippen LogP contribution in [0.2, 0.25) is 0 Å². The van der Waals surface area contributed by atoms with Gasteiger partial charge in [0.1, 0.15) is 0 Å². The Bertz CT molecular complexity index is 281. The van der Waals surface area contributed by atoms with Crippen LogP contribution < -0.4 is 5.32 Å². The van der Waals surface area contributed by atoms with E-state index in [9.17, 15) is 0 Å². The average Bonchev–Trinajstić information content (AvgIpc) is 2.33. The highest BCUT2D eigenvalue weighted by molar-refractivity contribution is 9.10. The molecule has 0 spiro atoms. The molecule has 0 aliphatic heterocycles. The van der Waals surface area contributed by atoms with Gasteiger partial charge in [-0.2, -0.15) is 0 Å². The molecule has 1 N–H and O–H groups in total. The van der Waals surface area contributed by atoms with E-state index in [4.69, 9.17) is 0 Å². The molecule has 0 saturated carbocycles. The fraction of sp³-hybridized carbons (Fsp3) is 0.778. The van der Waals surface area contributed by atoms with Crippen LogP contribution in [0.5, 0.6) is 0 Å². The van der Waals surface area contributed by atoms with Crippen LogP contribution in [0.1, 0.15) is 26.5 Å². The van der Waals surface area contributed by atoms with E-state index in [0.29, 0.717) is 0 Å². The molecule has 80 valence electrons. The van der Waals surface area contributed by atoms with E-state index in [1.54, 1.807) is 4.68 Å². The van der Waals surface area contributed by atoms with Crippen molar-refractivity contribution >= 4 is 15.9 Å². The van der Waals surface area contributed by atoms with Gasteiger partial charge < -0.3 is 5.32 Å². The third-order valence-electron chi connectivity index (χ3n) is 1.91. The average molecular weight is 261 g/mol. The van der Waals surface area contributed by atoms with Gasteiger partial charge in [-0.3, -0.25) is 4.68 Å². The zero-order valence-corrected chi connectivity index (χ0v) is 10.7. The lowest BCUT2D eigenvalue weighted by Gasteiger charge is -2.20. The highest BCUT2D eigenvalue weighted by Crippen LogP contribution is 2.12. The fourth-order valence-corrected chi connectivity index (χ4v) is 1.70. The van der Waals surface area contributed by atoms with Crippen molar-refractivity contribution in [2.24, 2.45) is 7.05 Å². The molecule has 0 unspecified atom stereocenters. The summed E-state index contributed by atoms with van der Waals surface area (Å²) in [6.07, 6.45) is 0.932. The van der Waals surface area contributed by atoms with Gasteiger partial charge in [-0.25, -0.2) is 0 Å². The normalized spacial score (nSPS) is 12.1. The molecule has 14 heavy (non-hydrogen) atoms. The van der Waals surface area contributed by atoms with Crippen molar-refractivity contribution in [3.8, 4) is 0 Å². The number of hydrogen-bond donors (Lipinski definition) is 1. The van der Waals surface area contributed by atoms with E-state index in [-0.39, 0.29) is 5.54 Å². The highest BCUT2D eigenvalue weighted by atomic mass is 79.9. The van der Waals surface area contributed by atoms with Crippen LogP contribution in [0.15, 0.2) is 4.60 Å². The van der Waals surface area contributed by atoms with Crippen LogP contribution in [0.4, 0.5) is 0 Å². The van der Waals surface area contributed by atoms with Crippen molar-refractivity contribution in [1.82, 2.24) is 20.3 Å². The van der Waals surface area contributed by atoms with Crippen molar-refractivity contribution in [2.45, 2.75) is 32.7 Å². The zero-order chi connectivity index (χ0) is 10.8. The maximum absolute atomic E-state index is 3.93. The summed E-state index contributed by atoms with van der Waals surface area (Å²) >= 11 is 3.38. The smallest absolute Gasteiger partial charge is 0.151 e. The van der Waals surface area contributed by atoms with Gasteiger partial charge in [0.25, 0.3) is 0 Å². The standard InChI is InChI=1S/C9H17BrN4/c1-9(2,3)11-6-5-7-8(10)12-13-14(7)4/h11H,5-6H2,1-4H3. The summed E-state index contributed by atoms with van der Waals surface area (Å²) in [5.74, 6) is 0. The number of rotatable bonds is 3. The second-order valence-corrected chi connectivity index (χ2v) is 5.13. The molecule has 0 bridgehead atoms. The summed E-state index contributed by atoms with van der Waals surface area (Å²) in [5.41, 5.74) is 1.29. The predicted octanol–water partition coefficient (Wildman–Crippen LogP) is 1.51. The maximum Gasteiger partial charge on any atom is 0.151 e. The van der Waals surface area contributed by atoms with Gasteiger partial charge in [0.2, 0.25) is 0 Å². The third-order valence-corrected chi connectivity index (χ3v) is 2.53. The molecule has 1 aromatic rings. The number of aromatic nitrogens is 3. The summed E-state index contributed by atoms with van der Waals surface area (Å²) in [4.78, 5) is 0. The fourth-order valence-electron chi connectivity index (χ4n) is 1.17. The van der Waals surface area contributed by atoms with Crippen LogP contribution in [-0.4, -0.2) is 27.1 Å². The van der Waals surface area contributed by atoms with Crippen molar-refractivity contribution in [2.75, 3.05) is 6.54 Å². The summed E-state index contributed by atoms with van der Waals surface area (Å²) < 4.78 is 2.64. The van der Waals surface area contributed by atoms with Crippen molar-refractivity contribution in [3.63, 3.8) is 0 Å². The Kier molecular flexibility index (Phi) is 3.66. The van der Waals surface area contributed by atoms with Crippen LogP contribution >= 0.6 is 15.9 Å². The molecular formula is C9H17BrN4. The second-order valence-electron chi connectivity index (χ2n) is 4.38. The monoisotopic (exact) mass is 260 g/mol. The Morgan fingerprint density at radius 3 is 2.50 bits per heavy atom. The highest BCUT2D eigenvalue weighted by Gasteiger charge is 2.11. The van der Waals surface area contributed by atoms with E-state index in [1.165, 1.54) is 0 Å². The third kappa shape index (κ3) is 3.38. The van der Waals surface area contributed by atoms with E-state index < -0.39 is 0 Å². The first-order chi connectivity index (χ1) is 6.40. The van der Waals surface area contributed by atoms with Gasteiger partial charge in [-0.1, -0.05) is 5.21 Å². The first-order valence-corrected chi connectivity index (χ1v) is 5.48. The second kappa shape index (κ2) is 4.40.